The van der Waals surface area contributed by atoms with Gasteiger partial charge in [-0.3, -0.25) is 10.1 Å². The summed E-state index contributed by atoms with van der Waals surface area (Å²) < 4.78 is 33.4. The Morgan fingerprint density at radius 1 is 1.03 bits per heavy atom. The third kappa shape index (κ3) is 4.19. The zero-order valence-corrected chi connectivity index (χ0v) is 18.8. The van der Waals surface area contributed by atoms with Crippen LogP contribution in [0, 0.1) is 0 Å². The van der Waals surface area contributed by atoms with Crippen LogP contribution in [-0.4, -0.2) is 43.3 Å². The van der Waals surface area contributed by atoms with Crippen LogP contribution in [0.5, 0.6) is 5.75 Å². The molecule has 1 N–H and O–H groups in total. The molecular formula is C23H21N3O4S2. The van der Waals surface area contributed by atoms with Crippen molar-refractivity contribution in [1.82, 2.24) is 9.29 Å². The van der Waals surface area contributed by atoms with Gasteiger partial charge < -0.3 is 4.74 Å². The fourth-order valence-electron chi connectivity index (χ4n) is 3.76. The van der Waals surface area contributed by atoms with Gasteiger partial charge in [0, 0.05) is 13.1 Å². The molecule has 5 rings (SSSR count). The van der Waals surface area contributed by atoms with Crippen molar-refractivity contribution >= 4 is 53.4 Å². The summed E-state index contributed by atoms with van der Waals surface area (Å²) >= 11 is 1.24. The van der Waals surface area contributed by atoms with Crippen LogP contribution in [0.3, 0.4) is 0 Å². The predicted molar refractivity (Wildman–Crippen MR) is 126 cm³/mol. The van der Waals surface area contributed by atoms with Gasteiger partial charge in [-0.15, -0.1) is 0 Å². The number of rotatable bonds is 6. The molecule has 0 spiro atoms. The van der Waals surface area contributed by atoms with E-state index < -0.39 is 10.0 Å². The number of ether oxygens (including phenoxy) is 1. The molecule has 0 bridgehead atoms. The summed E-state index contributed by atoms with van der Waals surface area (Å²) in [6.07, 6.45) is 1.78. The molecule has 1 amide bonds. The Kier molecular flexibility index (Phi) is 5.54. The Labute approximate surface area is 189 Å². The molecule has 0 aliphatic carbocycles. The number of nitrogens with one attached hydrogen (secondary N) is 1. The first kappa shape index (κ1) is 20.9. The van der Waals surface area contributed by atoms with Crippen molar-refractivity contribution in [2.75, 3.05) is 25.0 Å². The summed E-state index contributed by atoms with van der Waals surface area (Å²) in [4.78, 5) is 17.0. The van der Waals surface area contributed by atoms with E-state index in [-0.39, 0.29) is 17.4 Å². The quantitative estimate of drug-likeness (QED) is 0.458. The molecule has 164 valence electrons. The molecule has 4 aromatic rings. The minimum atomic E-state index is -3.49. The highest BCUT2D eigenvalue weighted by molar-refractivity contribution is 7.89. The highest BCUT2D eigenvalue weighted by Crippen LogP contribution is 2.30. The summed E-state index contributed by atoms with van der Waals surface area (Å²) in [5, 5.41) is 5.28. The van der Waals surface area contributed by atoms with Crippen molar-refractivity contribution in [2.24, 2.45) is 0 Å². The van der Waals surface area contributed by atoms with E-state index in [1.807, 2.05) is 42.5 Å². The molecule has 0 radical (unpaired) electrons. The first-order valence-corrected chi connectivity index (χ1v) is 12.6. The van der Waals surface area contributed by atoms with Gasteiger partial charge in [-0.25, -0.2) is 13.4 Å². The number of carbonyl (C=O) groups excluding carboxylic acids is 1. The van der Waals surface area contributed by atoms with E-state index in [1.165, 1.54) is 15.6 Å². The van der Waals surface area contributed by atoms with Gasteiger partial charge in [0.05, 0.1) is 15.1 Å². The van der Waals surface area contributed by atoms with Gasteiger partial charge in [0.2, 0.25) is 10.0 Å². The number of nitrogens with zero attached hydrogens (tertiary/aromatic N) is 2. The number of anilines is 1. The van der Waals surface area contributed by atoms with Gasteiger partial charge in [-0.2, -0.15) is 4.31 Å². The lowest BCUT2D eigenvalue weighted by Crippen LogP contribution is -2.27. The average Bonchev–Trinajstić information content (AvgIpc) is 3.47. The number of hydrogen-bond acceptors (Lipinski definition) is 6. The van der Waals surface area contributed by atoms with Crippen LogP contribution < -0.4 is 10.1 Å². The first-order chi connectivity index (χ1) is 15.5. The first-order valence-electron chi connectivity index (χ1n) is 10.3. The molecule has 7 nitrogen and oxygen atoms in total. The van der Waals surface area contributed by atoms with E-state index in [4.69, 9.17) is 4.74 Å². The zero-order chi connectivity index (χ0) is 22.1. The molecule has 32 heavy (non-hydrogen) atoms. The average molecular weight is 468 g/mol. The van der Waals surface area contributed by atoms with Gasteiger partial charge in [0.1, 0.15) is 5.75 Å². The molecule has 0 unspecified atom stereocenters. The number of aromatic nitrogens is 1. The van der Waals surface area contributed by atoms with E-state index in [1.54, 1.807) is 18.2 Å². The molecular weight excluding hydrogens is 446 g/mol. The highest BCUT2D eigenvalue weighted by atomic mass is 32.2. The summed E-state index contributed by atoms with van der Waals surface area (Å²) in [5.41, 5.74) is 0.640. The van der Waals surface area contributed by atoms with Crippen LogP contribution >= 0.6 is 11.3 Å². The number of sulfonamides is 1. The van der Waals surface area contributed by atoms with Crippen LogP contribution in [0.15, 0.2) is 65.6 Å². The standard InChI is InChI=1S/C23H21N3O4S2/c27-22(15-30-18-8-7-16-5-1-2-6-17(16)13-18)25-23-24-20-10-9-19(14-21(20)31-23)32(28,29)26-11-3-4-12-26/h1-2,5-10,13-14H,3-4,11-12,15H2,(H,24,25,27). The lowest BCUT2D eigenvalue weighted by atomic mass is 10.1. The topological polar surface area (TPSA) is 88.6 Å². The lowest BCUT2D eigenvalue weighted by Gasteiger charge is -2.15. The van der Waals surface area contributed by atoms with Crippen molar-refractivity contribution in [1.29, 1.82) is 0 Å². The lowest BCUT2D eigenvalue weighted by molar-refractivity contribution is -0.118. The maximum absolute atomic E-state index is 12.8. The third-order valence-corrected chi connectivity index (χ3v) is 8.23. The Morgan fingerprint density at radius 3 is 2.62 bits per heavy atom. The van der Waals surface area contributed by atoms with E-state index in [0.29, 0.717) is 34.2 Å². The van der Waals surface area contributed by atoms with Crippen molar-refractivity contribution in [3.8, 4) is 5.75 Å². The van der Waals surface area contributed by atoms with Gasteiger partial charge in [-0.05, 0) is 53.9 Å². The fraction of sp³-hybridized carbons (Fsp3) is 0.217. The number of thiazole rings is 1. The summed E-state index contributed by atoms with van der Waals surface area (Å²) in [6.45, 7) is 0.964. The van der Waals surface area contributed by atoms with E-state index in [9.17, 15) is 13.2 Å². The molecule has 1 aliphatic heterocycles. The molecule has 1 aliphatic rings. The zero-order valence-electron chi connectivity index (χ0n) is 17.2. The summed E-state index contributed by atoms with van der Waals surface area (Å²) in [5.74, 6) is 0.280. The highest BCUT2D eigenvalue weighted by Gasteiger charge is 2.27. The van der Waals surface area contributed by atoms with Crippen LogP contribution in [0.2, 0.25) is 0 Å². The maximum Gasteiger partial charge on any atom is 0.264 e. The largest absolute Gasteiger partial charge is 0.484 e. The van der Waals surface area contributed by atoms with Crippen LogP contribution in [0.4, 0.5) is 5.13 Å². The minimum Gasteiger partial charge on any atom is -0.484 e. The normalized spacial score (nSPS) is 14.8. The predicted octanol–water partition coefficient (Wildman–Crippen LogP) is 4.25. The Hall–Kier alpha value is -3.01. The molecule has 1 fully saturated rings. The maximum atomic E-state index is 12.8. The van der Waals surface area contributed by atoms with E-state index >= 15 is 0 Å². The van der Waals surface area contributed by atoms with Crippen molar-refractivity contribution < 1.29 is 17.9 Å². The summed E-state index contributed by atoms with van der Waals surface area (Å²) in [7, 11) is -3.49. The van der Waals surface area contributed by atoms with E-state index in [2.05, 4.69) is 10.3 Å². The Balaban J connectivity index is 1.26. The molecule has 1 saturated heterocycles. The monoisotopic (exact) mass is 467 g/mol. The third-order valence-electron chi connectivity index (χ3n) is 5.40. The number of amides is 1. The number of hydrogen-bond donors (Lipinski definition) is 1. The van der Waals surface area contributed by atoms with Crippen LogP contribution in [0.25, 0.3) is 21.0 Å². The minimum absolute atomic E-state index is 0.150. The summed E-state index contributed by atoms with van der Waals surface area (Å²) in [6, 6.07) is 18.5. The van der Waals surface area contributed by atoms with Gasteiger partial charge in [-0.1, -0.05) is 41.7 Å². The molecule has 3 aromatic carbocycles. The second kappa shape index (κ2) is 8.50. The number of benzene rings is 3. The fourth-order valence-corrected chi connectivity index (χ4v) is 6.30. The van der Waals surface area contributed by atoms with Crippen molar-refractivity contribution in [2.45, 2.75) is 17.7 Å². The molecule has 2 heterocycles. The molecule has 0 atom stereocenters. The molecule has 0 saturated carbocycles. The molecule has 1 aromatic heterocycles. The number of fused-ring (bicyclic) bond motifs is 2. The van der Waals surface area contributed by atoms with E-state index in [0.717, 1.165) is 23.6 Å². The van der Waals surface area contributed by atoms with Gasteiger partial charge >= 0.3 is 0 Å². The van der Waals surface area contributed by atoms with Crippen LogP contribution in [0.1, 0.15) is 12.8 Å². The van der Waals surface area contributed by atoms with Gasteiger partial charge in [0.15, 0.2) is 11.7 Å². The van der Waals surface area contributed by atoms with Crippen LogP contribution in [-0.2, 0) is 14.8 Å². The number of carbonyl (C=O) groups is 1. The SMILES string of the molecule is O=C(COc1ccc2ccccc2c1)Nc1nc2ccc(S(=O)(=O)N3CCCC3)cc2s1. The van der Waals surface area contributed by atoms with Gasteiger partial charge in [0.25, 0.3) is 5.91 Å². The smallest absolute Gasteiger partial charge is 0.264 e. The Morgan fingerprint density at radius 2 is 1.81 bits per heavy atom. The molecule has 9 heteroatoms. The second-order valence-electron chi connectivity index (χ2n) is 7.61. The van der Waals surface area contributed by atoms with Crippen molar-refractivity contribution in [3.05, 3.63) is 60.7 Å². The van der Waals surface area contributed by atoms with Crippen molar-refractivity contribution in [3.63, 3.8) is 0 Å². The Bertz CT molecular complexity index is 1410. The second-order valence-corrected chi connectivity index (χ2v) is 10.6.